The maximum Gasteiger partial charge on any atom is 0.338 e. The Morgan fingerprint density at radius 3 is 0.639 bits per heavy atom. The van der Waals surface area contributed by atoms with Crippen molar-refractivity contribution in [2.24, 2.45) is 0 Å². The molecule has 3 saturated heterocycles. The van der Waals surface area contributed by atoms with Crippen LogP contribution in [0.3, 0.4) is 0 Å². The average Bonchev–Trinajstić information content (AvgIpc) is 0.772. The third-order valence-corrected chi connectivity index (χ3v) is 20.7. The van der Waals surface area contributed by atoms with Crippen LogP contribution in [0.5, 0.6) is 0 Å². The Hall–Kier alpha value is -13.4. The molecule has 11 aromatic carbocycles. The third-order valence-electron chi connectivity index (χ3n) is 19.6. The summed E-state index contributed by atoms with van der Waals surface area (Å²) in [6.07, 6.45) is -29.2. The molecule has 3 fully saturated rings. The molecule has 0 aliphatic carbocycles. The standard InChI is InChI=1S/C95H77IO26/c96-70-54-32-31-53-69(70)55-108-93-80(120-90(104)66-47-25-8-26-48-66)78(118-88(102)64-43-21-6-22-44-64)75(115-85(99)61-37-15-3-16-38-61)72(112-93)57-110-95-82(122-92(106)68-51-29-10-30-52-68)79(119-89(103)65-45-23-7-24-46-65)76(116-86(100)62-39-17-4-18-40-62)73(113-95)58-109-94-81(121-91(105)67-49-27-9-28-50-67)77(117-87(101)63-41-19-5-20-42-63)74(114-84(98)60-35-13-2-14-36-60)71(111-94)56-107-83(97)59-33-11-1-12-34-59/h1-54,71-82,93-95H,55-58H2/t71-,72-,73-,74-,75-,76-,77+,78+,79+,80-,81-,82-,93?,94-,95-/m1/s1. The number of esters is 10. The quantitative estimate of drug-likeness (QED) is 0.0229. The van der Waals surface area contributed by atoms with E-state index in [1.807, 2.05) is 6.07 Å². The fourth-order valence-electron chi connectivity index (χ4n) is 13.5. The zero-order valence-corrected chi connectivity index (χ0v) is 66.8. The molecule has 122 heavy (non-hydrogen) atoms. The van der Waals surface area contributed by atoms with Crippen LogP contribution in [0.25, 0.3) is 0 Å². The Morgan fingerprint density at radius 2 is 0.402 bits per heavy atom. The number of halogens is 1. The van der Waals surface area contributed by atoms with Gasteiger partial charge >= 0.3 is 59.7 Å². The van der Waals surface area contributed by atoms with Crippen LogP contribution in [0.4, 0.5) is 0 Å². The molecule has 0 saturated carbocycles. The Labute approximate surface area is 712 Å². The molecule has 14 rings (SSSR count). The summed E-state index contributed by atoms with van der Waals surface area (Å²) in [6, 6.07) is 83.9. The van der Waals surface area contributed by atoms with Gasteiger partial charge < -0.3 is 75.8 Å². The summed E-state index contributed by atoms with van der Waals surface area (Å²) in [5.74, 6) is -10.2. The Kier molecular flexibility index (Phi) is 28.9. The molecule has 0 spiro atoms. The highest BCUT2D eigenvalue weighted by Crippen LogP contribution is 2.39. The highest BCUT2D eigenvalue weighted by molar-refractivity contribution is 14.1. The number of benzene rings is 11. The first-order chi connectivity index (χ1) is 59.6. The molecule has 0 radical (unpaired) electrons. The molecule has 620 valence electrons. The van der Waals surface area contributed by atoms with Crippen LogP contribution in [0.1, 0.15) is 109 Å². The van der Waals surface area contributed by atoms with Gasteiger partial charge in [-0.25, -0.2) is 47.9 Å². The van der Waals surface area contributed by atoms with E-state index in [0.717, 1.165) is 3.57 Å². The Morgan fingerprint density at radius 1 is 0.213 bits per heavy atom. The Balaban J connectivity index is 0.914. The van der Waals surface area contributed by atoms with Crippen LogP contribution in [-0.2, 0) is 82.4 Å². The van der Waals surface area contributed by atoms with E-state index in [-0.39, 0.29) is 62.2 Å². The summed E-state index contributed by atoms with van der Waals surface area (Å²) < 4.78 is 106. The first-order valence-corrected chi connectivity index (χ1v) is 39.8. The monoisotopic (exact) mass is 1760 g/mol. The van der Waals surface area contributed by atoms with E-state index >= 15 is 14.4 Å². The molecule has 0 N–H and O–H groups in total. The maximum atomic E-state index is 15.2. The smallest absolute Gasteiger partial charge is 0.338 e. The minimum absolute atomic E-state index is 0.000849. The van der Waals surface area contributed by atoms with Gasteiger partial charge in [0.2, 0.25) is 0 Å². The number of rotatable bonds is 30. The molecule has 11 aromatic rings. The second-order valence-electron chi connectivity index (χ2n) is 27.8. The van der Waals surface area contributed by atoms with Crippen molar-refractivity contribution in [3.05, 3.63) is 392 Å². The first kappa shape index (κ1) is 85.0. The van der Waals surface area contributed by atoms with Crippen LogP contribution < -0.4 is 0 Å². The van der Waals surface area contributed by atoms with Crippen molar-refractivity contribution in [2.75, 3.05) is 19.8 Å². The SMILES string of the molecule is O=C(OC[C@H]1O[C@@H](OC[C@H]2O[C@@H](OC[C@H]3OC(OCc4ccccc4I)[C@H](OC(=O)c4ccccc4)[C@@H](OC(=O)c4ccccc4)[C@@H]3OC(=O)c3ccccc3)[C@H](OC(=O)c3ccccc3)[C@@H](OC(=O)c3ccccc3)[C@@H]2OC(=O)c2ccccc2)[C@H](OC(=O)c2ccccc2)[C@@H](OC(=O)c2ccccc2)[C@@H]1OC(=O)c1ccccc1)c1ccccc1. The summed E-state index contributed by atoms with van der Waals surface area (Å²) in [4.78, 5) is 149. The van der Waals surface area contributed by atoms with Crippen LogP contribution in [0, 0.1) is 3.57 Å². The van der Waals surface area contributed by atoms with E-state index in [0.29, 0.717) is 5.56 Å². The van der Waals surface area contributed by atoms with Crippen molar-refractivity contribution in [3.63, 3.8) is 0 Å². The summed E-state index contributed by atoms with van der Waals surface area (Å²) in [6.45, 7) is -2.95. The molecule has 3 heterocycles. The van der Waals surface area contributed by atoms with Crippen LogP contribution in [-0.4, -0.2) is 172 Å². The van der Waals surface area contributed by atoms with Gasteiger partial charge in [-0.1, -0.05) is 200 Å². The summed E-state index contributed by atoms with van der Waals surface area (Å²) >= 11 is 2.11. The number of hydrogen-bond donors (Lipinski definition) is 0. The van der Waals surface area contributed by atoms with Crippen molar-refractivity contribution >= 4 is 82.3 Å². The highest BCUT2D eigenvalue weighted by atomic mass is 127. The van der Waals surface area contributed by atoms with Crippen LogP contribution in [0.15, 0.2) is 328 Å². The van der Waals surface area contributed by atoms with Crippen LogP contribution >= 0.6 is 22.6 Å². The zero-order chi connectivity index (χ0) is 84.7. The van der Waals surface area contributed by atoms with Gasteiger partial charge in [-0.3, -0.25) is 0 Å². The van der Waals surface area contributed by atoms with E-state index in [1.165, 1.54) is 121 Å². The lowest BCUT2D eigenvalue weighted by Gasteiger charge is -2.47. The van der Waals surface area contributed by atoms with Crippen molar-refractivity contribution in [3.8, 4) is 0 Å². The first-order valence-electron chi connectivity index (χ1n) is 38.7. The van der Waals surface area contributed by atoms with Crippen molar-refractivity contribution in [2.45, 2.75) is 98.7 Å². The summed E-state index contributed by atoms with van der Waals surface area (Å²) in [5, 5.41) is 0. The van der Waals surface area contributed by atoms with E-state index in [9.17, 15) is 33.6 Å². The van der Waals surface area contributed by atoms with E-state index in [2.05, 4.69) is 22.6 Å². The van der Waals surface area contributed by atoms with Gasteiger partial charge in [-0.05, 0) is 156 Å². The topological polar surface area (TPSA) is 318 Å². The lowest BCUT2D eigenvalue weighted by molar-refractivity contribution is -0.340. The molecule has 3 aliphatic heterocycles. The number of hydrogen-bond acceptors (Lipinski definition) is 26. The summed E-state index contributed by atoms with van der Waals surface area (Å²) in [5.41, 5.74) is 0.452. The minimum atomic E-state index is -2.15. The fraction of sp³-hybridized carbons (Fsp3) is 0.200. The van der Waals surface area contributed by atoms with Crippen molar-refractivity contribution in [1.82, 2.24) is 0 Å². The molecule has 0 amide bonds. The maximum absolute atomic E-state index is 15.2. The van der Waals surface area contributed by atoms with Crippen molar-refractivity contribution < 1.29 is 124 Å². The zero-order valence-electron chi connectivity index (χ0n) is 64.7. The molecule has 27 heteroatoms. The van der Waals surface area contributed by atoms with Gasteiger partial charge in [0.05, 0.1) is 75.5 Å². The second-order valence-corrected chi connectivity index (χ2v) is 28.9. The van der Waals surface area contributed by atoms with E-state index in [4.69, 9.17) is 75.8 Å². The number of ether oxygens (including phenoxy) is 16. The Bertz CT molecular complexity index is 5360. The molecule has 1 unspecified atom stereocenters. The number of carbonyl (C=O) groups is 10. The van der Waals surface area contributed by atoms with Gasteiger partial charge in [0.15, 0.2) is 73.8 Å². The predicted molar refractivity (Wildman–Crippen MR) is 439 cm³/mol. The normalized spacial score (nSPS) is 22.2. The molecule has 0 aromatic heterocycles. The van der Waals surface area contributed by atoms with Crippen molar-refractivity contribution in [1.29, 1.82) is 0 Å². The van der Waals surface area contributed by atoms with Crippen LogP contribution in [0.2, 0.25) is 0 Å². The minimum Gasteiger partial charge on any atom is -0.459 e. The van der Waals surface area contributed by atoms with Gasteiger partial charge in [0.1, 0.15) is 24.9 Å². The molecule has 0 bridgehead atoms. The van der Waals surface area contributed by atoms with Gasteiger partial charge in [-0.15, -0.1) is 0 Å². The molecular weight excluding hydrogens is 1680 g/mol. The van der Waals surface area contributed by atoms with Gasteiger partial charge in [0.25, 0.3) is 0 Å². The number of carbonyl (C=O) groups excluding carboxylic acids is 10. The fourth-order valence-corrected chi connectivity index (χ4v) is 14.1. The molecule has 3 aliphatic rings. The van der Waals surface area contributed by atoms with E-state index in [1.54, 1.807) is 200 Å². The lowest BCUT2D eigenvalue weighted by atomic mass is 9.96. The second kappa shape index (κ2) is 41.5. The molecular formula is C95H77IO26. The highest BCUT2D eigenvalue weighted by Gasteiger charge is 2.59. The van der Waals surface area contributed by atoms with E-state index < -0.39 is 172 Å². The van der Waals surface area contributed by atoms with Gasteiger partial charge in [-0.2, -0.15) is 0 Å². The third kappa shape index (κ3) is 21.8. The summed E-state index contributed by atoms with van der Waals surface area (Å²) in [7, 11) is 0. The predicted octanol–water partition coefficient (Wildman–Crippen LogP) is 13.9. The molecule has 26 nitrogen and oxygen atoms in total. The van der Waals surface area contributed by atoms with Gasteiger partial charge in [0, 0.05) is 3.57 Å². The average molecular weight is 1760 g/mol. The largest absolute Gasteiger partial charge is 0.459 e. The molecule has 15 atom stereocenters. The lowest BCUT2D eigenvalue weighted by Crippen LogP contribution is -2.66.